The number of rotatable bonds is 3. The number of amides is 2. The van der Waals surface area contributed by atoms with E-state index in [1.807, 2.05) is 50.2 Å². The molecule has 1 atom stereocenters. The minimum absolute atomic E-state index is 0.0989. The summed E-state index contributed by atoms with van der Waals surface area (Å²) in [6.07, 6.45) is 2.05. The Labute approximate surface area is 159 Å². The largest absolute Gasteiger partial charge is 0.354 e. The third-order valence-electron chi connectivity index (χ3n) is 5.44. The molecule has 1 aromatic carbocycles. The molecule has 2 saturated heterocycles. The molecule has 6 nitrogen and oxygen atoms in total. The third-order valence-corrected chi connectivity index (χ3v) is 5.44. The van der Waals surface area contributed by atoms with Gasteiger partial charge in [-0.05, 0) is 37.6 Å². The van der Waals surface area contributed by atoms with Crippen LogP contribution in [0.2, 0.25) is 0 Å². The number of nitrogens with zero attached hydrogens (tertiary/aromatic N) is 4. The molecule has 0 radical (unpaired) electrons. The molecular formula is C21H24N4O2. The van der Waals surface area contributed by atoms with E-state index in [1.165, 1.54) is 4.90 Å². The normalized spacial score (nSPS) is 21.2. The van der Waals surface area contributed by atoms with Gasteiger partial charge < -0.3 is 4.90 Å². The summed E-state index contributed by atoms with van der Waals surface area (Å²) in [6.45, 7) is 7.06. The number of imide groups is 1. The van der Waals surface area contributed by atoms with Crippen molar-refractivity contribution < 1.29 is 9.59 Å². The number of pyridine rings is 1. The van der Waals surface area contributed by atoms with Crippen LogP contribution in [0.5, 0.6) is 0 Å². The first-order valence-electron chi connectivity index (χ1n) is 9.38. The van der Waals surface area contributed by atoms with Gasteiger partial charge in [-0.3, -0.25) is 14.5 Å². The van der Waals surface area contributed by atoms with Crippen molar-refractivity contribution in [1.82, 2.24) is 9.88 Å². The van der Waals surface area contributed by atoms with Crippen LogP contribution < -0.4 is 9.80 Å². The second kappa shape index (κ2) is 7.12. The topological polar surface area (TPSA) is 56.8 Å². The van der Waals surface area contributed by atoms with E-state index in [2.05, 4.69) is 14.8 Å². The maximum Gasteiger partial charge on any atom is 0.251 e. The molecule has 1 aromatic heterocycles. The summed E-state index contributed by atoms with van der Waals surface area (Å²) in [4.78, 5) is 35.8. The summed E-state index contributed by atoms with van der Waals surface area (Å²) < 4.78 is 0. The molecule has 2 aliphatic rings. The van der Waals surface area contributed by atoms with Crippen LogP contribution in [-0.2, 0) is 9.59 Å². The van der Waals surface area contributed by atoms with Crippen LogP contribution >= 0.6 is 0 Å². The summed E-state index contributed by atoms with van der Waals surface area (Å²) in [5.41, 5.74) is 2.79. The van der Waals surface area contributed by atoms with Crippen LogP contribution in [0, 0.1) is 13.8 Å². The number of hydrogen-bond acceptors (Lipinski definition) is 5. The van der Waals surface area contributed by atoms with E-state index in [1.54, 1.807) is 6.20 Å². The minimum Gasteiger partial charge on any atom is -0.354 e. The lowest BCUT2D eigenvalue weighted by Gasteiger charge is -2.37. The second-order valence-corrected chi connectivity index (χ2v) is 7.29. The highest BCUT2D eigenvalue weighted by atomic mass is 16.2. The SMILES string of the molecule is Cc1ccc(N2C(=O)C[C@H](N3CCN(c4ccccn4)CC3)C2=O)c(C)c1. The fourth-order valence-corrected chi connectivity index (χ4v) is 4.01. The van der Waals surface area contributed by atoms with Crippen molar-refractivity contribution in [2.75, 3.05) is 36.0 Å². The van der Waals surface area contributed by atoms with Crippen LogP contribution in [0.15, 0.2) is 42.6 Å². The van der Waals surface area contributed by atoms with Crippen molar-refractivity contribution >= 4 is 23.3 Å². The zero-order valence-corrected chi connectivity index (χ0v) is 15.8. The first-order chi connectivity index (χ1) is 13.0. The van der Waals surface area contributed by atoms with E-state index in [-0.39, 0.29) is 24.3 Å². The highest BCUT2D eigenvalue weighted by Crippen LogP contribution is 2.29. The Morgan fingerprint density at radius 3 is 2.44 bits per heavy atom. The lowest BCUT2D eigenvalue weighted by Crippen LogP contribution is -2.52. The van der Waals surface area contributed by atoms with E-state index >= 15 is 0 Å². The fraction of sp³-hybridized carbons (Fsp3) is 0.381. The number of aromatic nitrogens is 1. The zero-order valence-electron chi connectivity index (χ0n) is 15.8. The van der Waals surface area contributed by atoms with Crippen molar-refractivity contribution in [1.29, 1.82) is 0 Å². The van der Waals surface area contributed by atoms with Crippen LogP contribution in [-0.4, -0.2) is 53.9 Å². The van der Waals surface area contributed by atoms with E-state index < -0.39 is 0 Å². The lowest BCUT2D eigenvalue weighted by molar-refractivity contribution is -0.123. The Bertz CT molecular complexity index is 860. The van der Waals surface area contributed by atoms with Crippen molar-refractivity contribution in [3.8, 4) is 0 Å². The van der Waals surface area contributed by atoms with Gasteiger partial charge in [-0.1, -0.05) is 23.8 Å². The second-order valence-electron chi connectivity index (χ2n) is 7.29. The Kier molecular flexibility index (Phi) is 4.66. The number of hydrogen-bond donors (Lipinski definition) is 0. The van der Waals surface area contributed by atoms with Gasteiger partial charge >= 0.3 is 0 Å². The number of carbonyl (C=O) groups is 2. The predicted octanol–water partition coefficient (Wildman–Crippen LogP) is 2.15. The summed E-state index contributed by atoms with van der Waals surface area (Å²) in [5.74, 6) is 0.755. The number of aryl methyl sites for hydroxylation is 2. The smallest absolute Gasteiger partial charge is 0.251 e. The van der Waals surface area contributed by atoms with E-state index in [9.17, 15) is 9.59 Å². The van der Waals surface area contributed by atoms with Crippen LogP contribution in [0.3, 0.4) is 0 Å². The summed E-state index contributed by atoms with van der Waals surface area (Å²) >= 11 is 0. The quantitative estimate of drug-likeness (QED) is 0.781. The monoisotopic (exact) mass is 364 g/mol. The van der Waals surface area contributed by atoms with E-state index in [0.29, 0.717) is 5.69 Å². The molecule has 6 heteroatoms. The maximum absolute atomic E-state index is 13.0. The minimum atomic E-state index is -0.357. The van der Waals surface area contributed by atoms with E-state index in [4.69, 9.17) is 0 Å². The first kappa shape index (κ1) is 17.7. The number of carbonyl (C=O) groups excluding carboxylic acids is 2. The molecule has 0 bridgehead atoms. The Hall–Kier alpha value is -2.73. The summed E-state index contributed by atoms with van der Waals surface area (Å²) in [7, 11) is 0. The molecule has 2 amide bonds. The average molecular weight is 364 g/mol. The molecule has 140 valence electrons. The number of piperazine rings is 1. The molecule has 2 aliphatic heterocycles. The molecule has 0 aliphatic carbocycles. The van der Waals surface area contributed by atoms with Gasteiger partial charge in [-0.15, -0.1) is 0 Å². The van der Waals surface area contributed by atoms with Crippen LogP contribution in [0.1, 0.15) is 17.5 Å². The first-order valence-corrected chi connectivity index (χ1v) is 9.38. The van der Waals surface area contributed by atoms with Gasteiger partial charge in [0.1, 0.15) is 5.82 Å². The molecule has 4 rings (SSSR count). The van der Waals surface area contributed by atoms with Gasteiger partial charge in [0.05, 0.1) is 18.2 Å². The molecule has 0 N–H and O–H groups in total. The average Bonchev–Trinajstić information content (AvgIpc) is 2.97. The van der Waals surface area contributed by atoms with Gasteiger partial charge in [-0.25, -0.2) is 9.88 Å². The standard InChI is InChI=1S/C21H24N4O2/c1-15-6-7-17(16(2)13-15)25-20(26)14-18(21(25)27)23-9-11-24(12-10-23)19-5-3-4-8-22-19/h3-8,13,18H,9-12,14H2,1-2H3/t18-/m0/s1. The summed E-state index contributed by atoms with van der Waals surface area (Å²) in [5, 5.41) is 0. The molecule has 2 fully saturated rings. The highest BCUT2D eigenvalue weighted by Gasteiger charge is 2.43. The van der Waals surface area contributed by atoms with Gasteiger partial charge in [-0.2, -0.15) is 0 Å². The van der Waals surface area contributed by atoms with Crippen LogP contribution in [0.25, 0.3) is 0 Å². The Balaban J connectivity index is 1.46. The van der Waals surface area contributed by atoms with Crippen molar-refractivity contribution in [3.05, 3.63) is 53.7 Å². The van der Waals surface area contributed by atoms with Crippen LogP contribution in [0.4, 0.5) is 11.5 Å². The Morgan fingerprint density at radius 1 is 1.00 bits per heavy atom. The number of benzene rings is 1. The van der Waals surface area contributed by atoms with Gasteiger partial charge in [0.2, 0.25) is 5.91 Å². The number of anilines is 2. The van der Waals surface area contributed by atoms with Crippen molar-refractivity contribution in [3.63, 3.8) is 0 Å². The van der Waals surface area contributed by atoms with Crippen molar-refractivity contribution in [2.45, 2.75) is 26.3 Å². The third kappa shape index (κ3) is 3.32. The van der Waals surface area contributed by atoms with Crippen molar-refractivity contribution in [2.24, 2.45) is 0 Å². The van der Waals surface area contributed by atoms with E-state index in [0.717, 1.165) is 43.1 Å². The van der Waals surface area contributed by atoms with Gasteiger partial charge in [0.15, 0.2) is 0 Å². The molecule has 0 spiro atoms. The molecule has 0 saturated carbocycles. The molecule has 3 heterocycles. The molecule has 27 heavy (non-hydrogen) atoms. The zero-order chi connectivity index (χ0) is 19.0. The van der Waals surface area contributed by atoms with Gasteiger partial charge in [0, 0.05) is 32.4 Å². The molecule has 2 aromatic rings. The van der Waals surface area contributed by atoms with Gasteiger partial charge in [0.25, 0.3) is 5.91 Å². The fourth-order valence-electron chi connectivity index (χ4n) is 4.01. The lowest BCUT2D eigenvalue weighted by atomic mass is 10.1. The summed E-state index contributed by atoms with van der Waals surface area (Å²) in [6, 6.07) is 11.4. The molecular weight excluding hydrogens is 340 g/mol. The maximum atomic E-state index is 13.0. The predicted molar refractivity (Wildman–Crippen MR) is 105 cm³/mol. The Morgan fingerprint density at radius 2 is 1.78 bits per heavy atom. The highest BCUT2D eigenvalue weighted by molar-refractivity contribution is 6.22. The molecule has 0 unspecified atom stereocenters.